The van der Waals surface area contributed by atoms with Crippen LogP contribution >= 0.6 is 0 Å². The van der Waals surface area contributed by atoms with E-state index < -0.39 is 35.0 Å². The van der Waals surface area contributed by atoms with Gasteiger partial charge in [-0.25, -0.2) is 9.89 Å². The number of esters is 1. The summed E-state index contributed by atoms with van der Waals surface area (Å²) in [5, 5.41) is 9.01. The fourth-order valence-corrected chi connectivity index (χ4v) is 5.14. The van der Waals surface area contributed by atoms with Gasteiger partial charge >= 0.3 is 5.97 Å². The molecule has 2 aliphatic rings. The Hall–Kier alpha value is -4.50. The number of rotatable bonds is 9. The van der Waals surface area contributed by atoms with Crippen LogP contribution in [-0.2, 0) is 19.1 Å². The zero-order valence-electron chi connectivity index (χ0n) is 23.9. The molecule has 2 aliphatic heterocycles. The van der Waals surface area contributed by atoms with Crippen molar-refractivity contribution in [1.82, 2.24) is 0 Å². The summed E-state index contributed by atoms with van der Waals surface area (Å²) in [5.41, 5.74) is -0.287. The van der Waals surface area contributed by atoms with Crippen molar-refractivity contribution in [2.75, 3.05) is 18.1 Å². The van der Waals surface area contributed by atoms with Crippen molar-refractivity contribution in [2.24, 2.45) is 4.99 Å². The number of anilines is 1. The summed E-state index contributed by atoms with van der Waals surface area (Å²) in [6.07, 6.45) is -0.477. The molecule has 0 saturated carbocycles. The number of ether oxygens (including phenoxy) is 3. The van der Waals surface area contributed by atoms with Gasteiger partial charge in [-0.1, -0.05) is 36.4 Å². The number of fused-ring (bicyclic) bond motifs is 3. The zero-order valence-corrected chi connectivity index (χ0v) is 23.9. The third kappa shape index (κ3) is 5.78. The third-order valence-corrected chi connectivity index (χ3v) is 7.02. The highest BCUT2D eigenvalue weighted by Gasteiger charge is 2.60. The minimum absolute atomic E-state index is 0.0236. The number of carbonyl (C=O) groups excluding carboxylic acids is 3. The van der Waals surface area contributed by atoms with Crippen molar-refractivity contribution >= 4 is 29.4 Å². The van der Waals surface area contributed by atoms with Crippen LogP contribution in [0.2, 0.25) is 0 Å². The Labute approximate surface area is 244 Å². The van der Waals surface area contributed by atoms with E-state index in [0.717, 1.165) is 4.90 Å². The molecule has 9 nitrogen and oxygen atoms in total. The van der Waals surface area contributed by atoms with Gasteiger partial charge in [0.1, 0.15) is 11.4 Å². The van der Waals surface area contributed by atoms with Crippen LogP contribution in [0.15, 0.2) is 83.9 Å². The van der Waals surface area contributed by atoms with Crippen LogP contribution in [0.1, 0.15) is 67.6 Å². The van der Waals surface area contributed by atoms with Crippen molar-refractivity contribution in [3.05, 3.63) is 95.6 Å². The lowest BCUT2D eigenvalue weighted by molar-refractivity contribution is -0.155. The highest BCUT2D eigenvalue weighted by atomic mass is 16.6. The van der Waals surface area contributed by atoms with E-state index in [1.165, 1.54) is 0 Å². The van der Waals surface area contributed by atoms with Gasteiger partial charge in [0.2, 0.25) is 5.90 Å². The van der Waals surface area contributed by atoms with Crippen molar-refractivity contribution in [1.29, 1.82) is 0 Å². The lowest BCUT2D eigenvalue weighted by Crippen LogP contribution is -2.56. The third-order valence-electron chi connectivity index (χ3n) is 7.02. The monoisotopic (exact) mass is 570 g/mol. The second kappa shape index (κ2) is 11.8. The van der Waals surface area contributed by atoms with Crippen molar-refractivity contribution < 1.29 is 33.7 Å². The fraction of sp³-hybridized carbons (Fsp3) is 0.333. The number of aliphatic hydroxyl groups is 1. The molecule has 2 heterocycles. The molecule has 0 bridgehead atoms. The van der Waals surface area contributed by atoms with Crippen molar-refractivity contribution in [3.63, 3.8) is 0 Å². The standard InChI is InChI=1S/C33H34N2O7/c1-32(2,3)42-27(37)18-19-33-28(41-29(34-33)22-14-16-24(17-15-22)40-21-9-20-36)25-12-7-8-13-26(25)35(31(33)39)30(38)23-10-5-4-6-11-23/h4-8,10-17,28,36H,9,18-21H2,1-3H3/t28-,33-/m0/s1. The molecule has 3 aromatic rings. The van der Waals surface area contributed by atoms with E-state index in [9.17, 15) is 14.4 Å². The number of nitrogens with zero attached hydrogens (tertiary/aromatic N) is 2. The van der Waals surface area contributed by atoms with Gasteiger partial charge in [-0.05, 0) is 69.7 Å². The first-order valence-corrected chi connectivity index (χ1v) is 14.0. The molecule has 2 atom stereocenters. The quantitative estimate of drug-likeness (QED) is 0.218. The highest BCUT2D eigenvalue weighted by molar-refractivity contribution is 6.26. The van der Waals surface area contributed by atoms with E-state index in [1.54, 1.807) is 87.5 Å². The largest absolute Gasteiger partial charge is 0.494 e. The maximum absolute atomic E-state index is 14.5. The number of carbonyl (C=O) groups is 3. The number of amides is 2. The van der Waals surface area contributed by atoms with Crippen molar-refractivity contribution in [2.45, 2.75) is 57.3 Å². The van der Waals surface area contributed by atoms with Crippen LogP contribution in [0, 0.1) is 0 Å². The number of benzene rings is 3. The average molecular weight is 571 g/mol. The Morgan fingerprint density at radius 2 is 1.69 bits per heavy atom. The number of aliphatic imine (C=N–C) groups is 1. The summed E-state index contributed by atoms with van der Waals surface area (Å²) < 4.78 is 17.6. The highest BCUT2D eigenvalue weighted by Crippen LogP contribution is 2.51. The molecular weight excluding hydrogens is 536 g/mol. The molecule has 0 saturated heterocycles. The molecule has 0 fully saturated rings. The van der Waals surface area contributed by atoms with E-state index in [2.05, 4.69) is 0 Å². The van der Waals surface area contributed by atoms with Gasteiger partial charge in [0, 0.05) is 36.1 Å². The molecule has 0 aliphatic carbocycles. The van der Waals surface area contributed by atoms with E-state index in [1.807, 2.05) is 12.1 Å². The molecule has 2 amide bonds. The van der Waals surface area contributed by atoms with Crippen LogP contribution < -0.4 is 9.64 Å². The molecule has 5 rings (SSSR count). The number of hydrogen-bond acceptors (Lipinski definition) is 8. The van der Waals surface area contributed by atoms with E-state index in [-0.39, 0.29) is 25.3 Å². The van der Waals surface area contributed by atoms with E-state index in [4.69, 9.17) is 24.3 Å². The Bertz CT molecular complexity index is 1490. The fourth-order valence-electron chi connectivity index (χ4n) is 5.14. The Morgan fingerprint density at radius 1 is 1.00 bits per heavy atom. The summed E-state index contributed by atoms with van der Waals surface area (Å²) in [7, 11) is 0. The predicted octanol–water partition coefficient (Wildman–Crippen LogP) is 5.01. The zero-order chi connectivity index (χ0) is 29.9. The topological polar surface area (TPSA) is 115 Å². The van der Waals surface area contributed by atoms with Crippen LogP contribution in [0.5, 0.6) is 5.75 Å². The summed E-state index contributed by atoms with van der Waals surface area (Å²) in [5.74, 6) is -0.692. The smallest absolute Gasteiger partial charge is 0.306 e. The van der Waals surface area contributed by atoms with Crippen LogP contribution in [0.25, 0.3) is 0 Å². The molecule has 42 heavy (non-hydrogen) atoms. The second-order valence-corrected chi connectivity index (χ2v) is 11.2. The van der Waals surface area contributed by atoms with Gasteiger partial charge in [-0.2, -0.15) is 0 Å². The summed E-state index contributed by atoms with van der Waals surface area (Å²) in [6, 6.07) is 22.8. The number of hydrogen-bond donors (Lipinski definition) is 1. The number of para-hydroxylation sites is 1. The predicted molar refractivity (Wildman–Crippen MR) is 157 cm³/mol. The maximum Gasteiger partial charge on any atom is 0.306 e. The van der Waals surface area contributed by atoms with E-state index >= 15 is 0 Å². The SMILES string of the molecule is CC(C)(C)OC(=O)CC[C@]12N=C(c3ccc(OCCCO)cc3)O[C@H]1c1ccccc1N(C(=O)c1ccccc1)C2=O. The molecule has 218 valence electrons. The summed E-state index contributed by atoms with van der Waals surface area (Å²) >= 11 is 0. The lowest BCUT2D eigenvalue weighted by Gasteiger charge is -2.40. The number of imide groups is 1. The van der Waals surface area contributed by atoms with Crippen LogP contribution in [0.4, 0.5) is 5.69 Å². The molecule has 1 N–H and O–H groups in total. The van der Waals surface area contributed by atoms with Gasteiger partial charge < -0.3 is 19.3 Å². The first-order valence-electron chi connectivity index (χ1n) is 14.0. The van der Waals surface area contributed by atoms with Gasteiger partial charge in [-0.15, -0.1) is 0 Å². The molecule has 0 radical (unpaired) electrons. The van der Waals surface area contributed by atoms with Crippen molar-refractivity contribution in [3.8, 4) is 5.75 Å². The lowest BCUT2D eigenvalue weighted by atomic mass is 9.79. The van der Waals surface area contributed by atoms with Crippen LogP contribution in [0.3, 0.4) is 0 Å². The Morgan fingerprint density at radius 3 is 2.38 bits per heavy atom. The maximum atomic E-state index is 14.5. The normalized spacial score (nSPS) is 19.3. The second-order valence-electron chi connectivity index (χ2n) is 11.2. The van der Waals surface area contributed by atoms with Gasteiger partial charge in [0.25, 0.3) is 11.8 Å². The minimum atomic E-state index is -1.58. The Balaban J connectivity index is 1.56. The van der Waals surface area contributed by atoms with Crippen LogP contribution in [-0.4, -0.2) is 53.1 Å². The van der Waals surface area contributed by atoms with Gasteiger partial charge in [-0.3, -0.25) is 14.4 Å². The molecule has 3 aromatic carbocycles. The molecule has 9 heteroatoms. The minimum Gasteiger partial charge on any atom is -0.494 e. The molecule has 0 spiro atoms. The summed E-state index contributed by atoms with van der Waals surface area (Å²) in [4.78, 5) is 47.2. The molecular formula is C33H34N2O7. The molecule has 0 unspecified atom stereocenters. The molecule has 0 aromatic heterocycles. The summed E-state index contributed by atoms with van der Waals surface area (Å²) in [6.45, 7) is 5.75. The van der Waals surface area contributed by atoms with Gasteiger partial charge in [0.15, 0.2) is 11.6 Å². The van der Waals surface area contributed by atoms with E-state index in [0.29, 0.717) is 41.2 Å². The Kier molecular flexibility index (Phi) is 8.13. The number of aliphatic hydroxyl groups excluding tert-OH is 1. The average Bonchev–Trinajstić information content (AvgIpc) is 3.38. The first kappa shape index (κ1) is 29.0. The van der Waals surface area contributed by atoms with Gasteiger partial charge in [0.05, 0.1) is 12.3 Å². The first-order chi connectivity index (χ1) is 20.1.